The Kier molecular flexibility index (Phi) is 18.2. The number of hydrogen-bond donors (Lipinski definition) is 0. The summed E-state index contributed by atoms with van der Waals surface area (Å²) in [5.74, 6) is 1.39. The van der Waals surface area contributed by atoms with Crippen LogP contribution in [0.5, 0.6) is 0 Å². The van der Waals surface area contributed by atoms with E-state index in [-0.39, 0.29) is 66.2 Å². The molecule has 0 fully saturated rings. The Morgan fingerprint density at radius 3 is 0.673 bits per heavy atom. The Labute approximate surface area is 298 Å². The van der Waals surface area contributed by atoms with Crippen molar-refractivity contribution >= 4 is 67.5 Å². The fourth-order valence-electron chi connectivity index (χ4n) is 4.65. The van der Waals surface area contributed by atoms with Gasteiger partial charge in [-0.1, -0.05) is 47.0 Å². The molecule has 0 aliphatic carbocycles. The molecule has 2 aromatic heterocycles. The van der Waals surface area contributed by atoms with Crippen molar-refractivity contribution in [3.8, 4) is 0 Å². The van der Waals surface area contributed by atoms with Crippen LogP contribution in [0.25, 0.3) is 0 Å². The van der Waals surface area contributed by atoms with Gasteiger partial charge in [-0.25, -0.2) is 56.2 Å². The van der Waals surface area contributed by atoms with Gasteiger partial charge < -0.3 is 0 Å². The Morgan fingerprint density at radius 2 is 0.510 bits per heavy atom. The van der Waals surface area contributed by atoms with Gasteiger partial charge >= 0.3 is 34.1 Å². The first-order valence-corrected chi connectivity index (χ1v) is 19.5. The molecule has 0 radical (unpaired) electrons. The number of carbonyl (C=O) groups excluding carboxylic acids is 4. The van der Waals surface area contributed by atoms with Gasteiger partial charge in [0.1, 0.15) is 0 Å². The van der Waals surface area contributed by atoms with E-state index in [1.807, 2.05) is 0 Å². The zero-order valence-corrected chi connectivity index (χ0v) is 31.3. The van der Waals surface area contributed by atoms with E-state index in [2.05, 4.69) is 0 Å². The minimum atomic E-state index is -0.877. The molecule has 0 unspecified atom stereocenters. The monoisotopic (exact) mass is 762 g/mol. The molecular weight excluding hydrogens is 721 g/mol. The van der Waals surface area contributed by atoms with Gasteiger partial charge in [0.2, 0.25) is 0 Å². The lowest BCUT2D eigenvalue weighted by molar-refractivity contribution is -0.109. The molecular formula is C29H42N6O10S4. The summed E-state index contributed by atoms with van der Waals surface area (Å²) in [7, 11) is 0. The summed E-state index contributed by atoms with van der Waals surface area (Å²) in [6.45, 7) is 4.84. The van der Waals surface area contributed by atoms with Crippen LogP contribution in [0.4, 0.5) is 0 Å². The predicted octanol–water partition coefficient (Wildman–Crippen LogP) is 0.426. The van der Waals surface area contributed by atoms with Crippen molar-refractivity contribution in [3.63, 3.8) is 0 Å². The largest absolute Gasteiger partial charge is 0.336 e. The molecule has 2 rings (SSSR count). The summed E-state index contributed by atoms with van der Waals surface area (Å²) in [6.07, 6.45) is 1.11. The Balaban J connectivity index is 2.45. The molecule has 0 spiro atoms. The number of thioether (sulfide) groups is 4. The standard InChI is InChI=1S/C29H42N6O10S4/c1-20(36)46-16-6-12-32-24(40)30(25(41)33(28(32)44)13-7-17-47-21(2)37)10-5-11-31-26(42)34(14-8-18-48-22(3)38)29(45)35(27(31)43)15-9-19-49-23(4)39/h5-19H2,1-4H3. The van der Waals surface area contributed by atoms with Crippen LogP contribution in [0.15, 0.2) is 28.8 Å². The molecule has 16 nitrogen and oxygen atoms in total. The number of aromatic nitrogens is 6. The number of rotatable bonds is 20. The molecule has 20 heteroatoms. The number of carbonyl (C=O) groups is 4. The van der Waals surface area contributed by atoms with Gasteiger partial charge in [-0.05, 0) is 32.1 Å². The quantitative estimate of drug-likeness (QED) is 0.168. The van der Waals surface area contributed by atoms with Gasteiger partial charge in [0.15, 0.2) is 20.5 Å². The van der Waals surface area contributed by atoms with Crippen molar-refractivity contribution in [2.45, 2.75) is 99.1 Å². The molecule has 0 N–H and O–H groups in total. The highest BCUT2D eigenvalue weighted by Gasteiger charge is 2.18. The lowest BCUT2D eigenvalue weighted by Gasteiger charge is -2.15. The molecule has 0 amide bonds. The van der Waals surface area contributed by atoms with Crippen molar-refractivity contribution < 1.29 is 19.2 Å². The van der Waals surface area contributed by atoms with Crippen LogP contribution in [0.3, 0.4) is 0 Å². The second-order valence-electron chi connectivity index (χ2n) is 10.7. The third-order valence-corrected chi connectivity index (χ3v) is 10.5. The Bertz CT molecular complexity index is 1620. The van der Waals surface area contributed by atoms with Gasteiger partial charge in [0.25, 0.3) is 0 Å². The maximum absolute atomic E-state index is 13.4. The fourth-order valence-corrected chi connectivity index (χ4v) is 6.90. The topological polar surface area (TPSA) is 200 Å². The third kappa shape index (κ3) is 13.3. The summed E-state index contributed by atoms with van der Waals surface area (Å²) in [5, 5.41) is -0.488. The zero-order chi connectivity index (χ0) is 36.7. The third-order valence-electron chi connectivity index (χ3n) is 6.86. The van der Waals surface area contributed by atoms with E-state index in [4.69, 9.17) is 0 Å². The highest BCUT2D eigenvalue weighted by atomic mass is 32.2. The lowest BCUT2D eigenvalue weighted by Crippen LogP contribution is -2.55. The number of nitrogens with zero attached hydrogens (tertiary/aromatic N) is 6. The number of hydrogen-bond acceptors (Lipinski definition) is 14. The van der Waals surface area contributed by atoms with Crippen LogP contribution in [0, 0.1) is 0 Å². The lowest BCUT2D eigenvalue weighted by atomic mass is 10.4. The molecule has 0 aliphatic rings. The van der Waals surface area contributed by atoms with Gasteiger partial charge in [-0.15, -0.1) is 0 Å². The van der Waals surface area contributed by atoms with E-state index in [0.717, 1.165) is 74.5 Å². The van der Waals surface area contributed by atoms with E-state index in [9.17, 15) is 47.9 Å². The van der Waals surface area contributed by atoms with Gasteiger partial charge in [0.05, 0.1) is 0 Å². The minimum Gasteiger partial charge on any atom is -0.288 e. The zero-order valence-electron chi connectivity index (χ0n) is 28.0. The molecule has 272 valence electrons. The van der Waals surface area contributed by atoms with Crippen molar-refractivity contribution in [2.75, 3.05) is 23.0 Å². The molecule has 0 saturated heterocycles. The molecule has 0 aliphatic heterocycles. The van der Waals surface area contributed by atoms with Crippen LogP contribution in [-0.4, -0.2) is 70.9 Å². The maximum Gasteiger partial charge on any atom is 0.336 e. The predicted molar refractivity (Wildman–Crippen MR) is 194 cm³/mol. The molecule has 0 aromatic carbocycles. The summed E-state index contributed by atoms with van der Waals surface area (Å²) in [6, 6.07) is 0. The van der Waals surface area contributed by atoms with Gasteiger partial charge in [-0.2, -0.15) is 0 Å². The van der Waals surface area contributed by atoms with Crippen LogP contribution in [0.2, 0.25) is 0 Å². The van der Waals surface area contributed by atoms with Crippen LogP contribution >= 0.6 is 47.0 Å². The Hall–Kier alpha value is -3.10. The Morgan fingerprint density at radius 1 is 0.347 bits per heavy atom. The van der Waals surface area contributed by atoms with E-state index in [0.29, 0.717) is 48.7 Å². The first-order chi connectivity index (χ1) is 23.2. The fraction of sp³-hybridized carbons (Fsp3) is 0.655. The van der Waals surface area contributed by atoms with Gasteiger partial charge in [0, 0.05) is 90.0 Å². The highest BCUT2D eigenvalue weighted by Crippen LogP contribution is 2.06. The van der Waals surface area contributed by atoms with E-state index >= 15 is 0 Å². The van der Waals surface area contributed by atoms with E-state index in [1.54, 1.807) is 0 Å². The van der Waals surface area contributed by atoms with Crippen molar-refractivity contribution in [2.24, 2.45) is 0 Å². The summed E-state index contributed by atoms with van der Waals surface area (Å²) in [5.41, 5.74) is -5.14. The van der Waals surface area contributed by atoms with Crippen LogP contribution < -0.4 is 34.1 Å². The van der Waals surface area contributed by atoms with Crippen LogP contribution in [0.1, 0.15) is 59.8 Å². The normalized spacial score (nSPS) is 11.2. The molecule has 2 heterocycles. The molecule has 0 atom stereocenters. The average Bonchev–Trinajstić information content (AvgIpc) is 3.01. The first-order valence-electron chi connectivity index (χ1n) is 15.6. The molecule has 0 saturated carbocycles. The average molecular weight is 763 g/mol. The molecule has 2 aromatic rings. The van der Waals surface area contributed by atoms with Crippen molar-refractivity contribution in [1.29, 1.82) is 0 Å². The van der Waals surface area contributed by atoms with E-state index in [1.165, 1.54) is 27.7 Å². The van der Waals surface area contributed by atoms with Crippen LogP contribution in [-0.2, 0) is 58.4 Å². The summed E-state index contributed by atoms with van der Waals surface area (Å²) < 4.78 is 5.37. The maximum atomic E-state index is 13.4. The van der Waals surface area contributed by atoms with Crippen molar-refractivity contribution in [1.82, 2.24) is 27.4 Å². The minimum absolute atomic E-state index is 0.0562. The van der Waals surface area contributed by atoms with E-state index < -0.39 is 34.1 Å². The van der Waals surface area contributed by atoms with Crippen molar-refractivity contribution in [3.05, 3.63) is 62.9 Å². The second-order valence-corrected chi connectivity index (χ2v) is 15.8. The second kappa shape index (κ2) is 21.2. The summed E-state index contributed by atoms with van der Waals surface area (Å²) >= 11 is 4.15. The SMILES string of the molecule is CC(=O)SCCCn1c(=O)n(CCCSC(C)=O)c(=O)n(CCCn2c(=O)n(CCCSC(C)=O)c(=O)n(CCCSC(C)=O)c2=O)c1=O. The smallest absolute Gasteiger partial charge is 0.288 e. The molecule has 0 bridgehead atoms. The summed E-state index contributed by atoms with van der Waals surface area (Å²) in [4.78, 5) is 125. The first kappa shape index (κ1) is 42.1. The van der Waals surface area contributed by atoms with Gasteiger partial charge in [-0.3, -0.25) is 19.2 Å². The molecule has 49 heavy (non-hydrogen) atoms. The highest BCUT2D eigenvalue weighted by molar-refractivity contribution is 8.14.